The molecule has 0 aliphatic carbocycles. The molecule has 0 heterocycles. The zero-order valence-corrected chi connectivity index (χ0v) is 13.1. The lowest BCUT2D eigenvalue weighted by Gasteiger charge is -2.26. The lowest BCUT2D eigenvalue weighted by molar-refractivity contribution is -0.873. The van der Waals surface area contributed by atoms with Gasteiger partial charge < -0.3 is 18.9 Å². The van der Waals surface area contributed by atoms with Crippen LogP contribution < -0.4 is 0 Å². The number of hydrogen-bond acceptors (Lipinski definition) is 6. The van der Waals surface area contributed by atoms with E-state index in [1.54, 1.807) is 0 Å². The smallest absolute Gasteiger partial charge is 0.217 e. The Labute approximate surface area is 116 Å². The van der Waals surface area contributed by atoms with Crippen molar-refractivity contribution in [3.05, 3.63) is 12.2 Å². The summed E-state index contributed by atoms with van der Waals surface area (Å²) < 4.78 is 37.0. The highest BCUT2D eigenvalue weighted by Crippen LogP contribution is 1.97. The molecular weight excluding hydrogens is 274 g/mol. The zero-order valence-electron chi connectivity index (χ0n) is 12.2. The quantitative estimate of drug-likeness (QED) is 0.301. The Morgan fingerprint density at radius 2 is 1.84 bits per heavy atom. The zero-order chi connectivity index (χ0) is 15.7. The maximum atomic E-state index is 9.53. The SMILES string of the molecule is C=C(C)COCC(O)C[N+](C)(C)C.COS(=O)(=O)[O-]. The first kappa shape index (κ1) is 20.8. The lowest BCUT2D eigenvalue weighted by Crippen LogP contribution is -2.43. The molecule has 19 heavy (non-hydrogen) atoms. The highest BCUT2D eigenvalue weighted by molar-refractivity contribution is 7.80. The number of rotatable bonds is 7. The first-order valence-corrected chi connectivity index (χ1v) is 6.93. The molecule has 0 amide bonds. The average Bonchev–Trinajstić information content (AvgIpc) is 2.13. The topological polar surface area (TPSA) is 95.9 Å². The van der Waals surface area contributed by atoms with E-state index in [-0.39, 0.29) is 6.10 Å². The van der Waals surface area contributed by atoms with Crippen LogP contribution in [0.4, 0.5) is 0 Å². The number of ether oxygens (including phenoxy) is 1. The summed E-state index contributed by atoms with van der Waals surface area (Å²) >= 11 is 0. The molecule has 7 nitrogen and oxygen atoms in total. The molecule has 1 N–H and O–H groups in total. The lowest BCUT2D eigenvalue weighted by atomic mass is 10.3. The number of aliphatic hydroxyl groups is 1. The van der Waals surface area contributed by atoms with E-state index in [0.717, 1.165) is 17.2 Å². The summed E-state index contributed by atoms with van der Waals surface area (Å²) in [4.78, 5) is 0. The minimum Gasteiger partial charge on any atom is -0.726 e. The van der Waals surface area contributed by atoms with Crippen LogP contribution in [0.15, 0.2) is 12.2 Å². The molecule has 0 aliphatic rings. The Kier molecular flexibility index (Phi) is 10.3. The summed E-state index contributed by atoms with van der Waals surface area (Å²) in [5.74, 6) is 0. The fourth-order valence-electron chi connectivity index (χ4n) is 1.05. The summed E-state index contributed by atoms with van der Waals surface area (Å²) in [7, 11) is 2.53. The minimum absolute atomic E-state index is 0.389. The number of quaternary nitrogens is 1. The summed E-state index contributed by atoms with van der Waals surface area (Å²) in [5.41, 5.74) is 0.984. The third-order valence-corrected chi connectivity index (χ3v) is 2.03. The van der Waals surface area contributed by atoms with Gasteiger partial charge in [-0.1, -0.05) is 12.2 Å². The number of hydrogen-bond donors (Lipinski definition) is 1. The van der Waals surface area contributed by atoms with Crippen LogP contribution in [0.2, 0.25) is 0 Å². The van der Waals surface area contributed by atoms with Gasteiger partial charge in [0.1, 0.15) is 12.6 Å². The molecule has 0 rings (SSSR count). The van der Waals surface area contributed by atoms with Gasteiger partial charge in [0, 0.05) is 0 Å². The number of aliphatic hydroxyl groups excluding tert-OH is 1. The monoisotopic (exact) mass is 299 g/mol. The van der Waals surface area contributed by atoms with Gasteiger partial charge in [-0.2, -0.15) is 0 Å². The molecule has 0 aliphatic heterocycles. The van der Waals surface area contributed by atoms with Crippen molar-refractivity contribution in [1.82, 2.24) is 0 Å². The van der Waals surface area contributed by atoms with Crippen LogP contribution in [0.1, 0.15) is 6.92 Å². The summed E-state index contributed by atoms with van der Waals surface area (Å²) in [6.45, 7) is 7.26. The molecule has 8 heteroatoms. The van der Waals surface area contributed by atoms with Gasteiger partial charge in [-0.15, -0.1) is 0 Å². The van der Waals surface area contributed by atoms with E-state index < -0.39 is 10.4 Å². The van der Waals surface area contributed by atoms with Crippen LogP contribution in [0.3, 0.4) is 0 Å². The molecule has 1 unspecified atom stereocenters. The highest BCUT2D eigenvalue weighted by atomic mass is 32.3. The largest absolute Gasteiger partial charge is 0.726 e. The molecule has 0 spiro atoms. The molecule has 0 aromatic carbocycles. The molecule has 116 valence electrons. The molecule has 0 aromatic rings. The second kappa shape index (κ2) is 9.40. The van der Waals surface area contributed by atoms with Crippen molar-refractivity contribution in [3.63, 3.8) is 0 Å². The van der Waals surface area contributed by atoms with Gasteiger partial charge >= 0.3 is 0 Å². The highest BCUT2D eigenvalue weighted by Gasteiger charge is 2.14. The molecule has 0 radical (unpaired) electrons. The van der Waals surface area contributed by atoms with Crippen molar-refractivity contribution in [2.24, 2.45) is 0 Å². The minimum atomic E-state index is -4.41. The summed E-state index contributed by atoms with van der Waals surface area (Å²) in [5, 5.41) is 9.53. The van der Waals surface area contributed by atoms with Crippen molar-refractivity contribution in [2.75, 3.05) is 48.0 Å². The van der Waals surface area contributed by atoms with Crippen LogP contribution in [-0.2, 0) is 19.3 Å². The van der Waals surface area contributed by atoms with E-state index in [0.29, 0.717) is 19.8 Å². The Morgan fingerprint density at radius 3 is 2.11 bits per heavy atom. The Hall–Kier alpha value is -0.510. The van der Waals surface area contributed by atoms with Crippen molar-refractivity contribution in [3.8, 4) is 0 Å². The van der Waals surface area contributed by atoms with Gasteiger partial charge in [0.05, 0.1) is 41.5 Å². The van der Waals surface area contributed by atoms with E-state index >= 15 is 0 Å². The van der Waals surface area contributed by atoms with Crippen LogP contribution in [0.25, 0.3) is 0 Å². The van der Waals surface area contributed by atoms with Crippen molar-refractivity contribution in [2.45, 2.75) is 13.0 Å². The fourth-order valence-corrected chi connectivity index (χ4v) is 1.05. The maximum absolute atomic E-state index is 9.53. The normalized spacial score (nSPS) is 13.4. The second-order valence-corrected chi connectivity index (χ2v) is 6.32. The van der Waals surface area contributed by atoms with Gasteiger partial charge in [-0.05, 0) is 6.92 Å². The van der Waals surface area contributed by atoms with Gasteiger partial charge in [0.2, 0.25) is 10.4 Å². The van der Waals surface area contributed by atoms with E-state index in [9.17, 15) is 18.1 Å². The third-order valence-electron chi connectivity index (χ3n) is 1.62. The van der Waals surface area contributed by atoms with Crippen molar-refractivity contribution >= 4 is 10.4 Å². The molecule has 0 saturated heterocycles. The summed E-state index contributed by atoms with van der Waals surface area (Å²) in [6.07, 6.45) is -0.389. The van der Waals surface area contributed by atoms with Gasteiger partial charge in [0.25, 0.3) is 0 Å². The molecule has 1 atom stereocenters. The van der Waals surface area contributed by atoms with Gasteiger partial charge in [-0.25, -0.2) is 8.42 Å². The molecule has 0 fully saturated rings. The average molecular weight is 299 g/mol. The number of likely N-dealkylation sites (N-methyl/N-ethyl adjacent to an activating group) is 1. The standard InChI is InChI=1S/C10H22NO2.CH4O4S/c1-9(2)7-13-8-10(12)6-11(3,4)5;1-5-6(2,3)4/h10,12H,1,6-8H2,2-5H3;1H3,(H,2,3,4)/q+1;/p-1. The molecule has 0 saturated carbocycles. The Morgan fingerprint density at radius 1 is 1.42 bits per heavy atom. The summed E-state index contributed by atoms with van der Waals surface area (Å²) in [6, 6.07) is 0. The van der Waals surface area contributed by atoms with E-state index in [1.165, 1.54) is 0 Å². The van der Waals surface area contributed by atoms with Crippen LogP contribution >= 0.6 is 0 Å². The molecule has 0 aromatic heterocycles. The van der Waals surface area contributed by atoms with Crippen LogP contribution in [-0.4, -0.2) is 76.7 Å². The Bertz CT molecular complexity index is 347. The van der Waals surface area contributed by atoms with Gasteiger partial charge in [0.15, 0.2) is 0 Å². The van der Waals surface area contributed by atoms with Crippen molar-refractivity contribution < 1.29 is 31.5 Å². The van der Waals surface area contributed by atoms with E-state index in [1.807, 2.05) is 28.1 Å². The molecular formula is C11H25NO6S. The Balaban J connectivity index is 0. The van der Waals surface area contributed by atoms with E-state index in [4.69, 9.17) is 4.74 Å². The predicted octanol–water partition coefficient (Wildman–Crippen LogP) is -0.261. The van der Waals surface area contributed by atoms with Crippen LogP contribution in [0, 0.1) is 0 Å². The second-order valence-electron chi connectivity index (χ2n) is 5.17. The van der Waals surface area contributed by atoms with E-state index in [2.05, 4.69) is 10.8 Å². The third kappa shape index (κ3) is 23.1. The first-order valence-electron chi connectivity index (χ1n) is 5.59. The van der Waals surface area contributed by atoms with Gasteiger partial charge in [-0.3, -0.25) is 4.18 Å². The predicted molar refractivity (Wildman–Crippen MR) is 71.2 cm³/mol. The molecule has 0 bridgehead atoms. The first-order chi connectivity index (χ1) is 8.37. The maximum Gasteiger partial charge on any atom is 0.217 e. The fraction of sp³-hybridized carbons (Fsp3) is 0.818. The van der Waals surface area contributed by atoms with Crippen LogP contribution in [0.5, 0.6) is 0 Å². The number of nitrogens with zero attached hydrogens (tertiary/aromatic N) is 1. The van der Waals surface area contributed by atoms with Crippen molar-refractivity contribution in [1.29, 1.82) is 0 Å².